The highest BCUT2D eigenvalue weighted by Gasteiger charge is 2.25. The number of hydrogen-bond acceptors (Lipinski definition) is 3. The van der Waals surface area contributed by atoms with Gasteiger partial charge in [0.25, 0.3) is 5.82 Å². The fourth-order valence-electron chi connectivity index (χ4n) is 3.05. The normalized spacial score (nSPS) is 15.6. The van der Waals surface area contributed by atoms with E-state index in [1.165, 1.54) is 11.4 Å². The van der Waals surface area contributed by atoms with Crippen molar-refractivity contribution in [2.75, 3.05) is 37.7 Å². The van der Waals surface area contributed by atoms with Crippen LogP contribution in [-0.4, -0.2) is 37.9 Å². The first kappa shape index (κ1) is 15.6. The predicted octanol–water partition coefficient (Wildman–Crippen LogP) is 0.510. The minimum atomic E-state index is 0.218. The minimum Gasteiger partial charge on any atom is -0.504 e. The summed E-state index contributed by atoms with van der Waals surface area (Å²) in [6.45, 7) is 7.76. The molecule has 2 aromatic rings. The van der Waals surface area contributed by atoms with E-state index in [-0.39, 0.29) is 5.75 Å². The molecule has 5 heteroatoms. The van der Waals surface area contributed by atoms with Crippen LogP contribution in [0.4, 0.5) is 5.82 Å². The molecule has 0 aliphatic carbocycles. The highest BCUT2D eigenvalue weighted by Crippen LogP contribution is 2.26. The maximum atomic E-state index is 9.79. The average molecular weight is 315 g/mol. The molecule has 0 atom stereocenters. The number of phenolic OH excluding ortho intramolecular Hbond substituents is 1. The molecule has 1 aromatic heterocycles. The lowest BCUT2D eigenvalue weighted by Gasteiger charge is -2.28. The highest BCUT2D eigenvalue weighted by molar-refractivity contribution is 5.41. The van der Waals surface area contributed by atoms with Crippen molar-refractivity contribution in [1.29, 1.82) is 0 Å². The summed E-state index contributed by atoms with van der Waals surface area (Å²) in [5.74, 6) is 1.99. The maximum absolute atomic E-state index is 9.79. The number of aromatic amines is 1. The standard InChI is InChI=1S/C18H23N3O2/c1-2-23-17-13-15(6-7-16(17)22)14-20-9-11-21(12-10-20)18-5-3-4-8-19-18/h3-8,13,22H,2,9-12,14H2,1H3/p+2. The summed E-state index contributed by atoms with van der Waals surface area (Å²) in [7, 11) is 0. The molecule has 5 nitrogen and oxygen atoms in total. The van der Waals surface area contributed by atoms with Gasteiger partial charge in [-0.25, -0.2) is 4.98 Å². The van der Waals surface area contributed by atoms with Gasteiger partial charge in [0.15, 0.2) is 11.5 Å². The Labute approximate surface area is 137 Å². The van der Waals surface area contributed by atoms with Crippen molar-refractivity contribution in [3.8, 4) is 11.5 Å². The molecule has 2 heterocycles. The van der Waals surface area contributed by atoms with E-state index in [9.17, 15) is 5.11 Å². The first-order valence-electron chi connectivity index (χ1n) is 8.26. The van der Waals surface area contributed by atoms with Gasteiger partial charge in [0.2, 0.25) is 0 Å². The molecule has 3 N–H and O–H groups in total. The number of benzene rings is 1. The van der Waals surface area contributed by atoms with E-state index in [1.54, 1.807) is 11.0 Å². The van der Waals surface area contributed by atoms with Crippen molar-refractivity contribution >= 4 is 5.82 Å². The van der Waals surface area contributed by atoms with Crippen LogP contribution in [0.1, 0.15) is 12.5 Å². The molecule has 0 amide bonds. The van der Waals surface area contributed by atoms with Crippen molar-refractivity contribution in [3.05, 3.63) is 48.2 Å². The fourth-order valence-corrected chi connectivity index (χ4v) is 3.05. The Kier molecular flexibility index (Phi) is 4.98. The molecule has 0 saturated carbocycles. The van der Waals surface area contributed by atoms with Crippen LogP contribution in [-0.2, 0) is 6.54 Å². The molecule has 0 spiro atoms. The SMILES string of the molecule is CCOc1cc(C[NH+]2CCN(c3cccc[nH+]3)CC2)ccc1O. The number of aromatic hydroxyl groups is 1. The average Bonchev–Trinajstić information content (AvgIpc) is 2.60. The molecular formula is C18H25N3O2+2. The second-order valence-electron chi connectivity index (χ2n) is 5.90. The monoisotopic (exact) mass is 315 g/mol. The van der Waals surface area contributed by atoms with E-state index in [2.05, 4.69) is 22.0 Å². The molecule has 1 aliphatic heterocycles. The van der Waals surface area contributed by atoms with Gasteiger partial charge in [-0.2, -0.15) is 0 Å². The van der Waals surface area contributed by atoms with Gasteiger partial charge in [-0.15, -0.1) is 0 Å². The van der Waals surface area contributed by atoms with Crippen LogP contribution < -0.4 is 19.5 Å². The molecule has 1 saturated heterocycles. The Morgan fingerprint density at radius 2 is 2.04 bits per heavy atom. The summed E-state index contributed by atoms with van der Waals surface area (Å²) in [6, 6.07) is 11.9. The van der Waals surface area contributed by atoms with Gasteiger partial charge in [0, 0.05) is 11.6 Å². The zero-order valence-corrected chi connectivity index (χ0v) is 13.6. The van der Waals surface area contributed by atoms with Crippen LogP contribution in [0.15, 0.2) is 42.6 Å². The number of nitrogens with zero attached hydrogens (tertiary/aromatic N) is 1. The molecule has 1 aliphatic rings. The summed E-state index contributed by atoms with van der Waals surface area (Å²) in [5, 5.41) is 9.79. The van der Waals surface area contributed by atoms with Crippen molar-refractivity contribution in [2.24, 2.45) is 0 Å². The van der Waals surface area contributed by atoms with Crippen LogP contribution in [0.3, 0.4) is 0 Å². The number of aromatic nitrogens is 1. The smallest absolute Gasteiger partial charge is 0.274 e. The Hall–Kier alpha value is -2.27. The van der Waals surface area contributed by atoms with E-state index in [4.69, 9.17) is 4.74 Å². The Balaban J connectivity index is 1.57. The van der Waals surface area contributed by atoms with Crippen molar-refractivity contribution in [1.82, 2.24) is 0 Å². The summed E-state index contributed by atoms with van der Waals surface area (Å²) < 4.78 is 5.47. The first-order valence-corrected chi connectivity index (χ1v) is 8.26. The third-order valence-corrected chi connectivity index (χ3v) is 4.28. The van der Waals surface area contributed by atoms with Crippen LogP contribution in [0.2, 0.25) is 0 Å². The second-order valence-corrected chi connectivity index (χ2v) is 5.90. The van der Waals surface area contributed by atoms with Crippen LogP contribution in [0.25, 0.3) is 0 Å². The number of pyridine rings is 1. The number of nitrogens with one attached hydrogen (secondary N) is 2. The van der Waals surface area contributed by atoms with E-state index < -0.39 is 0 Å². The van der Waals surface area contributed by atoms with Crippen LogP contribution in [0, 0.1) is 0 Å². The lowest BCUT2D eigenvalue weighted by molar-refractivity contribution is -0.914. The van der Waals surface area contributed by atoms with E-state index in [0.717, 1.165) is 32.7 Å². The Bertz CT molecular complexity index is 625. The van der Waals surface area contributed by atoms with E-state index in [0.29, 0.717) is 12.4 Å². The summed E-state index contributed by atoms with van der Waals surface area (Å²) in [4.78, 5) is 7.26. The third kappa shape index (κ3) is 3.93. The predicted molar refractivity (Wildman–Crippen MR) is 88.9 cm³/mol. The lowest BCUT2D eigenvalue weighted by Crippen LogP contribution is -3.13. The topological polar surface area (TPSA) is 51.3 Å². The quantitative estimate of drug-likeness (QED) is 0.845. The van der Waals surface area contributed by atoms with Gasteiger partial charge in [0.1, 0.15) is 32.7 Å². The molecule has 23 heavy (non-hydrogen) atoms. The number of quaternary nitrogens is 1. The minimum absolute atomic E-state index is 0.218. The number of phenols is 1. The number of hydrogen-bond donors (Lipinski definition) is 2. The summed E-state index contributed by atoms with van der Waals surface area (Å²) in [5.41, 5.74) is 1.21. The summed E-state index contributed by atoms with van der Waals surface area (Å²) in [6.07, 6.45) is 1.97. The van der Waals surface area contributed by atoms with Crippen LogP contribution >= 0.6 is 0 Å². The fraction of sp³-hybridized carbons (Fsp3) is 0.389. The van der Waals surface area contributed by atoms with E-state index in [1.807, 2.05) is 31.3 Å². The van der Waals surface area contributed by atoms with Gasteiger partial charge >= 0.3 is 0 Å². The molecule has 0 bridgehead atoms. The molecule has 1 aromatic carbocycles. The van der Waals surface area contributed by atoms with Gasteiger partial charge in [0.05, 0.1) is 12.8 Å². The van der Waals surface area contributed by atoms with Crippen molar-refractivity contribution in [2.45, 2.75) is 13.5 Å². The molecule has 122 valence electrons. The second kappa shape index (κ2) is 7.33. The first-order chi connectivity index (χ1) is 11.3. The molecule has 3 rings (SSSR count). The largest absolute Gasteiger partial charge is 0.504 e. The Morgan fingerprint density at radius 1 is 1.22 bits per heavy atom. The molecular weight excluding hydrogens is 290 g/mol. The maximum Gasteiger partial charge on any atom is 0.274 e. The number of ether oxygens (including phenoxy) is 1. The summed E-state index contributed by atoms with van der Waals surface area (Å²) >= 11 is 0. The lowest BCUT2D eigenvalue weighted by atomic mass is 10.1. The number of anilines is 1. The zero-order chi connectivity index (χ0) is 16.1. The van der Waals surface area contributed by atoms with Gasteiger partial charge in [-0.3, -0.25) is 4.90 Å². The van der Waals surface area contributed by atoms with Gasteiger partial charge in [-0.05, 0) is 31.2 Å². The van der Waals surface area contributed by atoms with E-state index >= 15 is 0 Å². The Morgan fingerprint density at radius 3 is 2.74 bits per heavy atom. The number of rotatable bonds is 5. The molecule has 0 unspecified atom stereocenters. The van der Waals surface area contributed by atoms with Crippen molar-refractivity contribution < 1.29 is 19.7 Å². The van der Waals surface area contributed by atoms with Crippen LogP contribution in [0.5, 0.6) is 11.5 Å². The van der Waals surface area contributed by atoms with Gasteiger partial charge < -0.3 is 14.7 Å². The number of H-pyrrole nitrogens is 1. The highest BCUT2D eigenvalue weighted by atomic mass is 16.5. The third-order valence-electron chi connectivity index (χ3n) is 4.28. The molecule has 1 fully saturated rings. The molecule has 0 radical (unpaired) electrons. The number of piperazine rings is 1. The van der Waals surface area contributed by atoms with Gasteiger partial charge in [-0.1, -0.05) is 6.07 Å². The van der Waals surface area contributed by atoms with Crippen molar-refractivity contribution in [3.63, 3.8) is 0 Å². The zero-order valence-electron chi connectivity index (χ0n) is 13.6.